The van der Waals surface area contributed by atoms with E-state index in [-0.39, 0.29) is 12.3 Å². The summed E-state index contributed by atoms with van der Waals surface area (Å²) in [5.74, 6) is -1.44. The van der Waals surface area contributed by atoms with E-state index in [2.05, 4.69) is 15.4 Å². The van der Waals surface area contributed by atoms with E-state index in [1.165, 1.54) is 10.7 Å². The minimum absolute atomic E-state index is 0.0664. The van der Waals surface area contributed by atoms with Crippen molar-refractivity contribution in [3.63, 3.8) is 0 Å². The number of amides is 1. The van der Waals surface area contributed by atoms with Gasteiger partial charge in [-0.3, -0.25) is 10.1 Å². The van der Waals surface area contributed by atoms with Crippen LogP contribution in [0.4, 0.5) is 14.7 Å². The number of nitrogens with zero attached hydrogens (tertiary/aromatic N) is 3. The molecule has 100 valence electrons. The van der Waals surface area contributed by atoms with E-state index in [0.717, 1.165) is 12.1 Å². The predicted molar refractivity (Wildman–Crippen MR) is 64.4 cm³/mol. The van der Waals surface area contributed by atoms with Crippen LogP contribution in [0.25, 0.3) is 0 Å². The molecule has 1 N–H and O–H groups in total. The fourth-order valence-corrected chi connectivity index (χ4v) is 1.63. The molecule has 0 aliphatic rings. The normalized spacial score (nSPS) is 10.5. The fraction of sp³-hybridized carbons (Fsp3) is 0.250. The monoisotopic (exact) mass is 266 g/mol. The zero-order chi connectivity index (χ0) is 14.0. The number of carbonyl (C=O) groups is 1. The Balaban J connectivity index is 2.05. The summed E-state index contributed by atoms with van der Waals surface area (Å²) < 4.78 is 27.2. The molecule has 1 aromatic carbocycles. The second kappa shape index (κ2) is 5.13. The summed E-state index contributed by atoms with van der Waals surface area (Å²) in [7, 11) is 1.65. The summed E-state index contributed by atoms with van der Waals surface area (Å²) >= 11 is 0. The van der Waals surface area contributed by atoms with Crippen molar-refractivity contribution < 1.29 is 13.6 Å². The van der Waals surface area contributed by atoms with Gasteiger partial charge in [0.1, 0.15) is 5.82 Å². The Morgan fingerprint density at radius 3 is 2.68 bits per heavy atom. The van der Waals surface area contributed by atoms with Crippen LogP contribution in [0, 0.1) is 18.6 Å². The average molecular weight is 266 g/mol. The van der Waals surface area contributed by atoms with Gasteiger partial charge in [0.15, 0.2) is 11.6 Å². The molecule has 0 saturated carbocycles. The van der Waals surface area contributed by atoms with Crippen molar-refractivity contribution in [3.05, 3.63) is 41.2 Å². The molecule has 0 fully saturated rings. The number of aryl methyl sites for hydroxylation is 2. The van der Waals surface area contributed by atoms with Gasteiger partial charge in [0.2, 0.25) is 11.9 Å². The van der Waals surface area contributed by atoms with Crippen LogP contribution in [0.1, 0.15) is 11.4 Å². The van der Waals surface area contributed by atoms with Gasteiger partial charge in [-0.25, -0.2) is 13.5 Å². The van der Waals surface area contributed by atoms with E-state index in [1.807, 2.05) is 0 Å². The number of halogens is 2. The molecule has 5 nitrogen and oxygen atoms in total. The van der Waals surface area contributed by atoms with Gasteiger partial charge in [-0.15, -0.1) is 0 Å². The highest BCUT2D eigenvalue weighted by molar-refractivity contribution is 5.90. The summed E-state index contributed by atoms with van der Waals surface area (Å²) in [4.78, 5) is 15.7. The van der Waals surface area contributed by atoms with Gasteiger partial charge in [-0.05, 0) is 24.6 Å². The van der Waals surface area contributed by atoms with Gasteiger partial charge in [0.05, 0.1) is 6.42 Å². The third-order valence-corrected chi connectivity index (χ3v) is 2.47. The molecule has 1 amide bonds. The maximum absolute atomic E-state index is 13.0. The Hall–Kier alpha value is -2.31. The van der Waals surface area contributed by atoms with Crippen LogP contribution in [0.3, 0.4) is 0 Å². The molecule has 0 spiro atoms. The quantitative estimate of drug-likeness (QED) is 0.917. The molecular formula is C12H12F2N4O. The Morgan fingerprint density at radius 2 is 2.11 bits per heavy atom. The summed E-state index contributed by atoms with van der Waals surface area (Å²) in [6.45, 7) is 1.70. The van der Waals surface area contributed by atoms with Crippen LogP contribution >= 0.6 is 0 Å². The lowest BCUT2D eigenvalue weighted by molar-refractivity contribution is -0.115. The standard InChI is InChI=1S/C12H12F2N4O/c1-7-15-12(18(2)17-7)16-11(19)6-8-3-4-9(13)10(14)5-8/h3-5H,6H2,1-2H3,(H,15,16,17,19). The average Bonchev–Trinajstić information content (AvgIpc) is 2.62. The zero-order valence-electron chi connectivity index (χ0n) is 10.4. The van der Waals surface area contributed by atoms with Gasteiger partial charge >= 0.3 is 0 Å². The minimum Gasteiger partial charge on any atom is -0.294 e. The largest absolute Gasteiger partial charge is 0.294 e. The van der Waals surface area contributed by atoms with Gasteiger partial charge in [0, 0.05) is 7.05 Å². The number of benzene rings is 1. The van der Waals surface area contributed by atoms with Crippen LogP contribution in [0.5, 0.6) is 0 Å². The highest BCUT2D eigenvalue weighted by Gasteiger charge is 2.10. The van der Waals surface area contributed by atoms with Crippen LogP contribution in [-0.2, 0) is 18.3 Å². The third-order valence-electron chi connectivity index (χ3n) is 2.47. The molecule has 2 aromatic rings. The second-order valence-corrected chi connectivity index (χ2v) is 4.08. The molecule has 1 aromatic heterocycles. The second-order valence-electron chi connectivity index (χ2n) is 4.08. The molecule has 7 heteroatoms. The van der Waals surface area contributed by atoms with E-state index >= 15 is 0 Å². The first-order chi connectivity index (χ1) is 8.95. The van der Waals surface area contributed by atoms with Gasteiger partial charge in [-0.1, -0.05) is 6.07 Å². The topological polar surface area (TPSA) is 59.8 Å². The Bertz CT molecular complexity index is 624. The predicted octanol–water partition coefficient (Wildman–Crippen LogP) is 1.58. The lowest BCUT2D eigenvalue weighted by Gasteiger charge is -2.04. The number of hydrogen-bond donors (Lipinski definition) is 1. The van der Waals surface area contributed by atoms with Gasteiger partial charge in [-0.2, -0.15) is 10.1 Å². The maximum atomic E-state index is 13.0. The van der Waals surface area contributed by atoms with Crippen molar-refractivity contribution >= 4 is 11.9 Å². The molecular weight excluding hydrogens is 254 g/mol. The molecule has 1 heterocycles. The van der Waals surface area contributed by atoms with Crippen molar-refractivity contribution in [2.75, 3.05) is 5.32 Å². The van der Waals surface area contributed by atoms with E-state index in [4.69, 9.17) is 0 Å². The van der Waals surface area contributed by atoms with E-state index in [9.17, 15) is 13.6 Å². The number of hydrogen-bond acceptors (Lipinski definition) is 3. The third kappa shape index (κ3) is 3.12. The van der Waals surface area contributed by atoms with Crippen LogP contribution in [0.15, 0.2) is 18.2 Å². The first-order valence-corrected chi connectivity index (χ1v) is 5.57. The molecule has 0 unspecified atom stereocenters. The lowest BCUT2D eigenvalue weighted by atomic mass is 10.1. The molecule has 0 bridgehead atoms. The highest BCUT2D eigenvalue weighted by atomic mass is 19.2. The van der Waals surface area contributed by atoms with Crippen molar-refractivity contribution in [1.29, 1.82) is 0 Å². The zero-order valence-corrected chi connectivity index (χ0v) is 10.4. The number of rotatable bonds is 3. The lowest BCUT2D eigenvalue weighted by Crippen LogP contribution is -2.17. The SMILES string of the molecule is Cc1nc(NC(=O)Cc2ccc(F)c(F)c2)n(C)n1. The molecule has 0 aliphatic heterocycles. The first kappa shape index (κ1) is 13.1. The number of anilines is 1. The Kier molecular flexibility index (Phi) is 3.55. The van der Waals surface area contributed by atoms with E-state index in [1.54, 1.807) is 14.0 Å². The molecule has 2 rings (SSSR count). The number of aromatic nitrogens is 3. The number of carbonyl (C=O) groups excluding carboxylic acids is 1. The number of nitrogens with one attached hydrogen (secondary N) is 1. The minimum atomic E-state index is -0.972. The van der Waals surface area contributed by atoms with Crippen LogP contribution in [0.2, 0.25) is 0 Å². The van der Waals surface area contributed by atoms with Crippen LogP contribution < -0.4 is 5.32 Å². The molecule has 0 saturated heterocycles. The van der Waals surface area contributed by atoms with E-state index in [0.29, 0.717) is 17.3 Å². The molecule has 0 atom stereocenters. The van der Waals surface area contributed by atoms with Crippen molar-refractivity contribution in [3.8, 4) is 0 Å². The molecule has 0 aliphatic carbocycles. The summed E-state index contributed by atoms with van der Waals surface area (Å²) in [5.41, 5.74) is 0.385. The maximum Gasteiger partial charge on any atom is 0.231 e. The van der Waals surface area contributed by atoms with E-state index < -0.39 is 11.6 Å². The summed E-state index contributed by atoms with van der Waals surface area (Å²) in [6, 6.07) is 3.35. The van der Waals surface area contributed by atoms with Gasteiger partial charge < -0.3 is 0 Å². The van der Waals surface area contributed by atoms with Crippen LogP contribution in [-0.4, -0.2) is 20.7 Å². The molecule has 0 radical (unpaired) electrons. The van der Waals surface area contributed by atoms with Crippen molar-refractivity contribution in [2.45, 2.75) is 13.3 Å². The molecule has 19 heavy (non-hydrogen) atoms. The smallest absolute Gasteiger partial charge is 0.231 e. The summed E-state index contributed by atoms with van der Waals surface area (Å²) in [6.07, 6.45) is -0.0664. The summed E-state index contributed by atoms with van der Waals surface area (Å²) in [5, 5.41) is 6.53. The Labute approximate surface area is 108 Å². The van der Waals surface area contributed by atoms with Gasteiger partial charge in [0.25, 0.3) is 0 Å². The first-order valence-electron chi connectivity index (χ1n) is 5.57. The van der Waals surface area contributed by atoms with Crippen molar-refractivity contribution in [2.24, 2.45) is 7.05 Å². The Morgan fingerprint density at radius 1 is 1.37 bits per heavy atom. The van der Waals surface area contributed by atoms with Crippen molar-refractivity contribution in [1.82, 2.24) is 14.8 Å². The highest BCUT2D eigenvalue weighted by Crippen LogP contribution is 2.10. The fourth-order valence-electron chi connectivity index (χ4n) is 1.63.